The van der Waals surface area contributed by atoms with Crippen molar-refractivity contribution in [1.82, 2.24) is 14.8 Å². The molecule has 24 heavy (non-hydrogen) atoms. The van der Waals surface area contributed by atoms with E-state index in [9.17, 15) is 4.79 Å². The fraction of sp³-hybridized carbons (Fsp3) is 0.438. The van der Waals surface area contributed by atoms with E-state index < -0.39 is 0 Å². The van der Waals surface area contributed by atoms with E-state index in [1.165, 1.54) is 11.8 Å². The Kier molecular flexibility index (Phi) is 6.12. The lowest BCUT2D eigenvalue weighted by Gasteiger charge is -2.27. The van der Waals surface area contributed by atoms with E-state index in [0.717, 1.165) is 39.9 Å². The molecule has 0 aliphatic carbocycles. The van der Waals surface area contributed by atoms with Crippen molar-refractivity contribution in [1.29, 1.82) is 0 Å². The Bertz CT molecular complexity index is 699. The minimum absolute atomic E-state index is 0.106. The van der Waals surface area contributed by atoms with Crippen LogP contribution >= 0.6 is 34.4 Å². The molecule has 1 aliphatic heterocycles. The minimum atomic E-state index is 0.106. The van der Waals surface area contributed by atoms with Crippen LogP contribution in [0.1, 0.15) is 17.3 Å². The monoisotopic (exact) mass is 458 g/mol. The Morgan fingerprint density at radius 2 is 1.96 bits per heavy atom. The molecule has 0 atom stereocenters. The molecule has 0 unspecified atom stereocenters. The highest BCUT2D eigenvalue weighted by Crippen LogP contribution is 2.23. The van der Waals surface area contributed by atoms with Crippen molar-refractivity contribution in [2.24, 2.45) is 0 Å². The van der Waals surface area contributed by atoms with Gasteiger partial charge in [0.2, 0.25) is 5.95 Å². The average Bonchev–Trinajstić information content (AvgIpc) is 3.04. The normalized spacial score (nSPS) is 14.8. The van der Waals surface area contributed by atoms with Gasteiger partial charge in [-0.2, -0.15) is 0 Å². The molecular formula is C16H19IN4O2S. The van der Waals surface area contributed by atoms with E-state index in [-0.39, 0.29) is 5.78 Å². The molecule has 1 saturated heterocycles. The maximum absolute atomic E-state index is 12.3. The highest BCUT2D eigenvalue weighted by atomic mass is 127. The van der Waals surface area contributed by atoms with Crippen LogP contribution in [0.3, 0.4) is 0 Å². The van der Waals surface area contributed by atoms with Crippen LogP contribution in [0.2, 0.25) is 0 Å². The number of hydrogen-bond donors (Lipinski definition) is 0. The Morgan fingerprint density at radius 3 is 2.62 bits per heavy atom. The summed E-state index contributed by atoms with van der Waals surface area (Å²) in [5.74, 6) is 1.34. The molecule has 0 amide bonds. The summed E-state index contributed by atoms with van der Waals surface area (Å²) in [7, 11) is 0. The fourth-order valence-corrected chi connectivity index (χ4v) is 3.76. The van der Waals surface area contributed by atoms with E-state index in [0.29, 0.717) is 19.0 Å². The van der Waals surface area contributed by atoms with Gasteiger partial charge in [0.1, 0.15) is 0 Å². The Labute approximate surface area is 159 Å². The molecule has 6 nitrogen and oxygen atoms in total. The van der Waals surface area contributed by atoms with Crippen LogP contribution in [0.15, 0.2) is 29.4 Å². The Balaban J connectivity index is 1.67. The van der Waals surface area contributed by atoms with E-state index in [1.807, 2.05) is 24.3 Å². The summed E-state index contributed by atoms with van der Waals surface area (Å²) in [4.78, 5) is 14.5. The zero-order valence-electron chi connectivity index (χ0n) is 13.4. The van der Waals surface area contributed by atoms with Crippen molar-refractivity contribution >= 4 is 46.1 Å². The maximum atomic E-state index is 12.3. The quantitative estimate of drug-likeness (QED) is 0.377. The number of anilines is 1. The van der Waals surface area contributed by atoms with Crippen LogP contribution in [-0.2, 0) is 11.3 Å². The number of halogens is 1. The lowest BCUT2D eigenvalue weighted by molar-refractivity contribution is 0.102. The number of rotatable bonds is 6. The largest absolute Gasteiger partial charge is 0.378 e. The fourth-order valence-electron chi connectivity index (χ4n) is 2.51. The number of carbonyl (C=O) groups is 1. The van der Waals surface area contributed by atoms with Crippen LogP contribution in [0.5, 0.6) is 0 Å². The maximum Gasteiger partial charge on any atom is 0.228 e. The molecule has 0 saturated carbocycles. The number of benzene rings is 1. The summed E-state index contributed by atoms with van der Waals surface area (Å²) < 4.78 is 8.58. The van der Waals surface area contributed by atoms with Gasteiger partial charge < -0.3 is 9.64 Å². The highest BCUT2D eigenvalue weighted by molar-refractivity contribution is 14.1. The van der Waals surface area contributed by atoms with Crippen molar-refractivity contribution in [2.45, 2.75) is 18.6 Å². The van der Waals surface area contributed by atoms with Crippen LogP contribution in [0.25, 0.3) is 0 Å². The second-order valence-corrected chi connectivity index (χ2v) is 7.53. The molecule has 2 heterocycles. The van der Waals surface area contributed by atoms with E-state index in [2.05, 4.69) is 49.2 Å². The molecule has 8 heteroatoms. The SMILES string of the molecule is CCn1c(SCC(=O)c2ccc(I)cc2)nnc1N1CCOCC1. The molecule has 0 spiro atoms. The standard InChI is InChI=1S/C16H19IN4O2S/c1-2-21-15(20-7-9-23-10-8-20)18-19-16(21)24-11-14(22)12-3-5-13(17)6-4-12/h3-6H,2,7-11H2,1H3. The second-order valence-electron chi connectivity index (χ2n) is 5.34. The number of nitrogens with zero attached hydrogens (tertiary/aromatic N) is 4. The predicted molar refractivity (Wildman–Crippen MR) is 103 cm³/mol. The van der Waals surface area contributed by atoms with Crippen LogP contribution in [0.4, 0.5) is 5.95 Å². The van der Waals surface area contributed by atoms with Gasteiger partial charge in [0, 0.05) is 28.8 Å². The number of thioether (sulfide) groups is 1. The zero-order chi connectivity index (χ0) is 16.9. The summed E-state index contributed by atoms with van der Waals surface area (Å²) in [6.45, 7) is 5.92. The smallest absolute Gasteiger partial charge is 0.228 e. The van der Waals surface area contributed by atoms with Gasteiger partial charge in [-0.15, -0.1) is 10.2 Å². The first-order valence-electron chi connectivity index (χ1n) is 7.86. The molecule has 1 aliphatic rings. The molecule has 3 rings (SSSR count). The topological polar surface area (TPSA) is 60.2 Å². The molecule has 0 bridgehead atoms. The summed E-state index contributed by atoms with van der Waals surface area (Å²) in [6.07, 6.45) is 0. The Hall–Kier alpha value is -1.13. The van der Waals surface area contributed by atoms with Crippen molar-refractivity contribution in [2.75, 3.05) is 37.0 Å². The summed E-state index contributed by atoms with van der Waals surface area (Å²) in [6, 6.07) is 7.63. The van der Waals surface area contributed by atoms with E-state index >= 15 is 0 Å². The lowest BCUT2D eigenvalue weighted by atomic mass is 10.2. The summed E-state index contributed by atoms with van der Waals surface area (Å²) in [5, 5.41) is 9.39. The molecule has 1 aromatic carbocycles. The van der Waals surface area contributed by atoms with Gasteiger partial charge in [-0.25, -0.2) is 0 Å². The third-order valence-electron chi connectivity index (χ3n) is 3.81. The number of ketones is 1. The Morgan fingerprint density at radius 1 is 1.25 bits per heavy atom. The van der Waals surface area contributed by atoms with E-state index in [1.54, 1.807) is 0 Å². The highest BCUT2D eigenvalue weighted by Gasteiger charge is 2.20. The van der Waals surface area contributed by atoms with Gasteiger partial charge in [-0.05, 0) is 41.6 Å². The summed E-state index contributed by atoms with van der Waals surface area (Å²) >= 11 is 3.68. The van der Waals surface area contributed by atoms with Gasteiger partial charge in [-0.3, -0.25) is 9.36 Å². The number of Topliss-reactive ketones (excluding diaryl/α,β-unsaturated/α-hetero) is 1. The van der Waals surface area contributed by atoms with Gasteiger partial charge in [0.25, 0.3) is 0 Å². The predicted octanol–water partition coefficient (Wildman–Crippen LogP) is 2.71. The van der Waals surface area contributed by atoms with Gasteiger partial charge in [0.05, 0.1) is 19.0 Å². The molecule has 1 aromatic heterocycles. The van der Waals surface area contributed by atoms with Crippen molar-refractivity contribution in [3.05, 3.63) is 33.4 Å². The van der Waals surface area contributed by atoms with Gasteiger partial charge >= 0.3 is 0 Å². The molecule has 2 aromatic rings. The zero-order valence-corrected chi connectivity index (χ0v) is 16.4. The number of carbonyl (C=O) groups excluding carboxylic acids is 1. The van der Waals surface area contributed by atoms with Crippen molar-refractivity contribution in [3.8, 4) is 0 Å². The number of hydrogen-bond acceptors (Lipinski definition) is 6. The second kappa shape index (κ2) is 8.30. The third kappa shape index (κ3) is 4.09. The molecule has 128 valence electrons. The molecule has 0 radical (unpaired) electrons. The molecular weight excluding hydrogens is 439 g/mol. The van der Waals surface area contributed by atoms with Gasteiger partial charge in [0.15, 0.2) is 10.9 Å². The van der Waals surface area contributed by atoms with Crippen molar-refractivity contribution in [3.63, 3.8) is 0 Å². The molecule has 0 N–H and O–H groups in total. The average molecular weight is 458 g/mol. The van der Waals surface area contributed by atoms with Crippen LogP contribution in [-0.4, -0.2) is 52.6 Å². The lowest BCUT2D eigenvalue weighted by Crippen LogP contribution is -2.38. The molecule has 1 fully saturated rings. The van der Waals surface area contributed by atoms with E-state index in [4.69, 9.17) is 4.74 Å². The summed E-state index contributed by atoms with van der Waals surface area (Å²) in [5.41, 5.74) is 0.735. The van der Waals surface area contributed by atoms with Crippen molar-refractivity contribution < 1.29 is 9.53 Å². The van der Waals surface area contributed by atoms with Crippen LogP contribution < -0.4 is 4.90 Å². The third-order valence-corrected chi connectivity index (χ3v) is 5.49. The number of morpholine rings is 1. The first-order chi connectivity index (χ1) is 11.7. The minimum Gasteiger partial charge on any atom is -0.378 e. The first kappa shape index (κ1) is 17.7. The number of ether oxygens (including phenoxy) is 1. The number of aromatic nitrogens is 3. The van der Waals surface area contributed by atoms with Crippen LogP contribution in [0, 0.1) is 3.57 Å². The first-order valence-corrected chi connectivity index (χ1v) is 9.93. The van der Waals surface area contributed by atoms with Gasteiger partial charge in [-0.1, -0.05) is 23.9 Å².